The second-order valence-electron chi connectivity index (χ2n) is 4.83. The zero-order chi connectivity index (χ0) is 14.4. The molecule has 0 aliphatic carbocycles. The molecule has 0 aromatic heterocycles. The third-order valence-corrected chi connectivity index (χ3v) is 3.40. The first kappa shape index (κ1) is 14.6. The highest BCUT2D eigenvalue weighted by Gasteiger charge is 2.09. The van der Waals surface area contributed by atoms with Gasteiger partial charge in [0.05, 0.1) is 19.8 Å². The summed E-state index contributed by atoms with van der Waals surface area (Å²) in [7, 11) is 1.68. The highest BCUT2D eigenvalue weighted by Crippen LogP contribution is 2.19. The second-order valence-corrected chi connectivity index (χ2v) is 4.83. The Labute approximate surface area is 120 Å². The Morgan fingerprint density at radius 1 is 1.15 bits per heavy atom. The summed E-state index contributed by atoms with van der Waals surface area (Å²) in [6.07, 6.45) is 0. The molecule has 2 aromatic rings. The number of benzene rings is 2. The number of aryl methyl sites for hydroxylation is 1. The minimum Gasteiger partial charge on any atom is -0.496 e. The average Bonchev–Trinajstić information content (AvgIpc) is 2.49. The third-order valence-electron chi connectivity index (χ3n) is 3.40. The molecule has 106 valence electrons. The van der Waals surface area contributed by atoms with Gasteiger partial charge in [0.25, 0.3) is 0 Å². The zero-order valence-electron chi connectivity index (χ0n) is 12.0. The van der Waals surface area contributed by atoms with Crippen molar-refractivity contribution in [3.05, 3.63) is 65.2 Å². The van der Waals surface area contributed by atoms with E-state index in [0.29, 0.717) is 6.54 Å². The number of aliphatic hydroxyl groups excluding tert-OH is 1. The summed E-state index contributed by atoms with van der Waals surface area (Å²) in [6.45, 7) is 2.83. The molecule has 2 rings (SSSR count). The topological polar surface area (TPSA) is 41.5 Å². The zero-order valence-corrected chi connectivity index (χ0v) is 12.0. The molecule has 0 spiro atoms. The molecule has 0 bridgehead atoms. The van der Waals surface area contributed by atoms with Gasteiger partial charge in [-0.15, -0.1) is 0 Å². The number of rotatable bonds is 6. The Hall–Kier alpha value is -1.84. The average molecular weight is 271 g/mol. The number of ether oxygens (including phenoxy) is 1. The van der Waals surface area contributed by atoms with Crippen LogP contribution in [0.3, 0.4) is 0 Å². The molecule has 3 nitrogen and oxygen atoms in total. The summed E-state index contributed by atoms with van der Waals surface area (Å²) in [5.74, 6) is 0.899. The largest absolute Gasteiger partial charge is 0.496 e. The summed E-state index contributed by atoms with van der Waals surface area (Å²) in [6, 6.07) is 16.1. The summed E-state index contributed by atoms with van der Waals surface area (Å²) in [5, 5.41) is 12.9. The minimum atomic E-state index is -0.0430. The first-order chi connectivity index (χ1) is 9.74. The molecule has 2 aromatic carbocycles. The highest BCUT2D eigenvalue weighted by atomic mass is 16.5. The molecule has 1 atom stereocenters. The van der Waals surface area contributed by atoms with E-state index in [0.717, 1.165) is 16.9 Å². The Kier molecular flexibility index (Phi) is 5.16. The summed E-state index contributed by atoms with van der Waals surface area (Å²) in [4.78, 5) is 0. The molecule has 0 saturated heterocycles. The van der Waals surface area contributed by atoms with E-state index in [9.17, 15) is 5.11 Å². The lowest BCUT2D eigenvalue weighted by Gasteiger charge is -2.17. The molecule has 1 unspecified atom stereocenters. The number of aliphatic hydroxyl groups is 1. The maximum absolute atomic E-state index is 9.51. The van der Waals surface area contributed by atoms with Gasteiger partial charge >= 0.3 is 0 Å². The fourth-order valence-electron chi connectivity index (χ4n) is 2.26. The number of methoxy groups -OCH3 is 1. The third kappa shape index (κ3) is 3.59. The fourth-order valence-corrected chi connectivity index (χ4v) is 2.26. The lowest BCUT2D eigenvalue weighted by Crippen LogP contribution is -2.23. The molecule has 0 aliphatic heterocycles. The second kappa shape index (κ2) is 7.08. The smallest absolute Gasteiger partial charge is 0.121 e. The van der Waals surface area contributed by atoms with E-state index in [4.69, 9.17) is 4.74 Å². The van der Waals surface area contributed by atoms with Crippen LogP contribution in [-0.2, 0) is 6.54 Å². The van der Waals surface area contributed by atoms with E-state index in [1.807, 2.05) is 49.4 Å². The van der Waals surface area contributed by atoms with Crippen molar-refractivity contribution in [3.8, 4) is 5.75 Å². The molecule has 0 amide bonds. The molecular weight excluding hydrogens is 250 g/mol. The van der Waals surface area contributed by atoms with Crippen LogP contribution in [0.4, 0.5) is 0 Å². The Morgan fingerprint density at radius 3 is 2.50 bits per heavy atom. The van der Waals surface area contributed by atoms with Crippen molar-refractivity contribution in [2.24, 2.45) is 0 Å². The molecule has 0 fully saturated rings. The fraction of sp³-hybridized carbons (Fsp3) is 0.294. The lowest BCUT2D eigenvalue weighted by molar-refractivity contribution is 0.243. The number of hydrogen-bond acceptors (Lipinski definition) is 3. The van der Waals surface area contributed by atoms with Crippen LogP contribution < -0.4 is 10.1 Å². The van der Waals surface area contributed by atoms with Gasteiger partial charge in [0.15, 0.2) is 0 Å². The maximum Gasteiger partial charge on any atom is 0.121 e. The van der Waals surface area contributed by atoms with Crippen molar-refractivity contribution < 1.29 is 9.84 Å². The molecule has 2 N–H and O–H groups in total. The monoisotopic (exact) mass is 271 g/mol. The first-order valence-corrected chi connectivity index (χ1v) is 6.77. The van der Waals surface area contributed by atoms with Crippen LogP contribution in [0, 0.1) is 6.92 Å². The van der Waals surface area contributed by atoms with Crippen molar-refractivity contribution in [3.63, 3.8) is 0 Å². The first-order valence-electron chi connectivity index (χ1n) is 6.77. The Bertz CT molecular complexity index is 540. The molecule has 0 aliphatic rings. The minimum absolute atomic E-state index is 0.0430. The van der Waals surface area contributed by atoms with Crippen molar-refractivity contribution in [1.82, 2.24) is 5.32 Å². The molecular formula is C17H21NO2. The Morgan fingerprint density at radius 2 is 1.90 bits per heavy atom. The van der Waals surface area contributed by atoms with Crippen LogP contribution in [0.25, 0.3) is 0 Å². The van der Waals surface area contributed by atoms with Crippen molar-refractivity contribution in [2.75, 3.05) is 13.7 Å². The van der Waals surface area contributed by atoms with Crippen LogP contribution in [0.5, 0.6) is 5.75 Å². The predicted molar refractivity (Wildman–Crippen MR) is 80.8 cm³/mol. The van der Waals surface area contributed by atoms with E-state index in [1.165, 1.54) is 5.56 Å². The van der Waals surface area contributed by atoms with Gasteiger partial charge in [0, 0.05) is 6.54 Å². The Balaban J connectivity index is 2.02. The van der Waals surface area contributed by atoms with Crippen LogP contribution in [0.2, 0.25) is 0 Å². The standard InChI is InChI=1S/C17H21NO2/c1-13-10-14(8-9-17(13)20-2)11-18-16(12-19)15-6-4-3-5-7-15/h3-10,16,18-19H,11-12H2,1-2H3. The summed E-state index contributed by atoms with van der Waals surface area (Å²) < 4.78 is 5.26. The van der Waals surface area contributed by atoms with E-state index in [2.05, 4.69) is 11.4 Å². The molecule has 20 heavy (non-hydrogen) atoms. The SMILES string of the molecule is COc1ccc(CNC(CO)c2ccccc2)cc1C. The van der Waals surface area contributed by atoms with E-state index >= 15 is 0 Å². The van der Waals surface area contributed by atoms with Gasteiger partial charge in [-0.1, -0.05) is 42.5 Å². The van der Waals surface area contributed by atoms with Gasteiger partial charge in [-0.2, -0.15) is 0 Å². The normalized spacial score (nSPS) is 12.2. The summed E-state index contributed by atoms with van der Waals surface area (Å²) in [5.41, 5.74) is 3.39. The number of nitrogens with one attached hydrogen (secondary N) is 1. The van der Waals surface area contributed by atoms with Crippen molar-refractivity contribution >= 4 is 0 Å². The molecule has 0 radical (unpaired) electrons. The van der Waals surface area contributed by atoms with E-state index in [-0.39, 0.29) is 12.6 Å². The van der Waals surface area contributed by atoms with Crippen molar-refractivity contribution in [1.29, 1.82) is 0 Å². The van der Waals surface area contributed by atoms with Gasteiger partial charge in [-0.3, -0.25) is 0 Å². The van der Waals surface area contributed by atoms with Crippen LogP contribution in [0.15, 0.2) is 48.5 Å². The molecule has 0 saturated carbocycles. The van der Waals surface area contributed by atoms with Crippen LogP contribution >= 0.6 is 0 Å². The van der Waals surface area contributed by atoms with E-state index < -0.39 is 0 Å². The summed E-state index contributed by atoms with van der Waals surface area (Å²) >= 11 is 0. The van der Waals surface area contributed by atoms with Gasteiger partial charge in [-0.05, 0) is 29.7 Å². The van der Waals surface area contributed by atoms with Gasteiger partial charge in [0.2, 0.25) is 0 Å². The van der Waals surface area contributed by atoms with Crippen LogP contribution in [0.1, 0.15) is 22.7 Å². The molecule has 0 heterocycles. The van der Waals surface area contributed by atoms with Gasteiger partial charge in [0.1, 0.15) is 5.75 Å². The van der Waals surface area contributed by atoms with Crippen molar-refractivity contribution in [2.45, 2.75) is 19.5 Å². The maximum atomic E-state index is 9.51. The van der Waals surface area contributed by atoms with Gasteiger partial charge < -0.3 is 15.2 Å². The van der Waals surface area contributed by atoms with Crippen LogP contribution in [-0.4, -0.2) is 18.8 Å². The van der Waals surface area contributed by atoms with E-state index in [1.54, 1.807) is 7.11 Å². The predicted octanol–water partition coefficient (Wildman–Crippen LogP) is 2.83. The lowest BCUT2D eigenvalue weighted by atomic mass is 10.1. The quantitative estimate of drug-likeness (QED) is 0.849. The highest BCUT2D eigenvalue weighted by molar-refractivity contribution is 5.36. The molecule has 3 heteroatoms. The number of hydrogen-bond donors (Lipinski definition) is 2. The van der Waals surface area contributed by atoms with Gasteiger partial charge in [-0.25, -0.2) is 0 Å².